The van der Waals surface area contributed by atoms with Crippen molar-refractivity contribution in [3.63, 3.8) is 0 Å². The molecule has 2 rings (SSSR count). The SMILES string of the molecule is O=C(O)Cc1c(Cl)cccc1Sc1ccc(C(F)(F)F)cc1. The average Bonchev–Trinajstić information content (AvgIpc) is 2.42. The Balaban J connectivity index is 2.27. The molecule has 0 atom stereocenters. The zero-order chi connectivity index (χ0) is 16.3. The predicted molar refractivity (Wildman–Crippen MR) is 78.4 cm³/mol. The van der Waals surface area contributed by atoms with E-state index in [2.05, 4.69) is 0 Å². The molecule has 0 fully saturated rings. The Morgan fingerprint density at radius 2 is 1.77 bits per heavy atom. The van der Waals surface area contributed by atoms with Crippen LogP contribution in [-0.4, -0.2) is 11.1 Å². The van der Waals surface area contributed by atoms with Gasteiger partial charge in [0.05, 0.1) is 12.0 Å². The monoisotopic (exact) mass is 346 g/mol. The van der Waals surface area contributed by atoms with E-state index in [1.54, 1.807) is 18.2 Å². The number of halogens is 4. The highest BCUT2D eigenvalue weighted by molar-refractivity contribution is 7.99. The van der Waals surface area contributed by atoms with Gasteiger partial charge in [0.2, 0.25) is 0 Å². The molecular weight excluding hydrogens is 337 g/mol. The summed E-state index contributed by atoms with van der Waals surface area (Å²) in [7, 11) is 0. The molecule has 0 amide bonds. The van der Waals surface area contributed by atoms with Gasteiger partial charge in [0.25, 0.3) is 0 Å². The molecule has 0 aromatic heterocycles. The molecule has 7 heteroatoms. The number of aliphatic carboxylic acids is 1. The molecule has 0 aliphatic rings. The molecule has 116 valence electrons. The Hall–Kier alpha value is -1.66. The number of alkyl halides is 3. The summed E-state index contributed by atoms with van der Waals surface area (Å²) in [5.41, 5.74) is -0.282. The number of carboxylic acids is 1. The fourth-order valence-corrected chi connectivity index (χ4v) is 3.07. The first-order valence-corrected chi connectivity index (χ1v) is 7.31. The van der Waals surface area contributed by atoms with Crippen molar-refractivity contribution in [2.75, 3.05) is 0 Å². The zero-order valence-corrected chi connectivity index (χ0v) is 12.6. The van der Waals surface area contributed by atoms with Gasteiger partial charge >= 0.3 is 12.1 Å². The largest absolute Gasteiger partial charge is 0.481 e. The van der Waals surface area contributed by atoms with Crippen LogP contribution in [0.5, 0.6) is 0 Å². The van der Waals surface area contributed by atoms with Gasteiger partial charge in [-0.1, -0.05) is 29.4 Å². The van der Waals surface area contributed by atoms with Crippen LogP contribution in [-0.2, 0) is 17.4 Å². The van der Waals surface area contributed by atoms with Gasteiger partial charge in [-0.25, -0.2) is 0 Å². The minimum absolute atomic E-state index is 0.247. The fourth-order valence-electron chi connectivity index (χ4n) is 1.80. The van der Waals surface area contributed by atoms with Crippen LogP contribution in [0.3, 0.4) is 0 Å². The van der Waals surface area contributed by atoms with Crippen molar-refractivity contribution in [3.05, 3.63) is 58.6 Å². The molecule has 0 spiro atoms. The van der Waals surface area contributed by atoms with Crippen molar-refractivity contribution >= 4 is 29.3 Å². The van der Waals surface area contributed by atoms with Crippen molar-refractivity contribution < 1.29 is 23.1 Å². The van der Waals surface area contributed by atoms with Crippen LogP contribution in [0.1, 0.15) is 11.1 Å². The third-order valence-corrected chi connectivity index (χ3v) is 4.28. The number of hydrogen-bond donors (Lipinski definition) is 1. The van der Waals surface area contributed by atoms with Gasteiger partial charge in [-0.15, -0.1) is 0 Å². The summed E-state index contributed by atoms with van der Waals surface area (Å²) >= 11 is 7.17. The first kappa shape index (κ1) is 16.7. The highest BCUT2D eigenvalue weighted by atomic mass is 35.5. The first-order chi connectivity index (χ1) is 10.3. The summed E-state index contributed by atoms with van der Waals surface area (Å²) in [4.78, 5) is 12.1. The van der Waals surface area contributed by atoms with Gasteiger partial charge in [0.15, 0.2) is 0 Å². The van der Waals surface area contributed by atoms with Crippen molar-refractivity contribution in [3.8, 4) is 0 Å². The van der Waals surface area contributed by atoms with Crippen molar-refractivity contribution in [2.24, 2.45) is 0 Å². The van der Waals surface area contributed by atoms with E-state index in [9.17, 15) is 18.0 Å². The van der Waals surface area contributed by atoms with Gasteiger partial charge < -0.3 is 5.11 Å². The molecule has 0 heterocycles. The van der Waals surface area contributed by atoms with E-state index in [0.29, 0.717) is 20.4 Å². The summed E-state index contributed by atoms with van der Waals surface area (Å²) in [6.45, 7) is 0. The van der Waals surface area contributed by atoms with E-state index in [-0.39, 0.29) is 6.42 Å². The normalized spacial score (nSPS) is 11.5. The molecule has 22 heavy (non-hydrogen) atoms. The van der Waals surface area contributed by atoms with Gasteiger partial charge in [-0.3, -0.25) is 4.79 Å². The topological polar surface area (TPSA) is 37.3 Å². The molecule has 0 aliphatic heterocycles. The van der Waals surface area contributed by atoms with Crippen LogP contribution in [0, 0.1) is 0 Å². The Morgan fingerprint density at radius 3 is 2.32 bits per heavy atom. The molecule has 0 unspecified atom stereocenters. The molecule has 0 aliphatic carbocycles. The molecule has 0 saturated carbocycles. The van der Waals surface area contributed by atoms with Gasteiger partial charge in [-0.2, -0.15) is 13.2 Å². The van der Waals surface area contributed by atoms with Crippen molar-refractivity contribution in [1.29, 1.82) is 0 Å². The minimum atomic E-state index is -4.38. The van der Waals surface area contributed by atoms with Gasteiger partial charge in [0, 0.05) is 14.8 Å². The third-order valence-electron chi connectivity index (χ3n) is 2.81. The van der Waals surface area contributed by atoms with Gasteiger partial charge in [-0.05, 0) is 42.0 Å². The number of hydrogen-bond acceptors (Lipinski definition) is 2. The maximum Gasteiger partial charge on any atom is 0.416 e. The van der Waals surface area contributed by atoms with Crippen LogP contribution in [0.15, 0.2) is 52.3 Å². The quantitative estimate of drug-likeness (QED) is 0.833. The predicted octanol–water partition coefficient (Wildman–Crippen LogP) is 5.14. The molecule has 0 saturated heterocycles. The molecule has 2 aromatic rings. The summed E-state index contributed by atoms with van der Waals surface area (Å²) in [6.07, 6.45) is -4.63. The summed E-state index contributed by atoms with van der Waals surface area (Å²) in [6, 6.07) is 9.61. The van der Waals surface area contributed by atoms with E-state index in [0.717, 1.165) is 12.1 Å². The third kappa shape index (κ3) is 4.18. The second kappa shape index (κ2) is 6.62. The maximum atomic E-state index is 12.5. The lowest BCUT2D eigenvalue weighted by atomic mass is 10.1. The number of carboxylic acid groups (broad SMARTS) is 1. The van der Waals surface area contributed by atoms with Crippen LogP contribution in [0.25, 0.3) is 0 Å². The highest BCUT2D eigenvalue weighted by Crippen LogP contribution is 2.36. The molecule has 1 N–H and O–H groups in total. The molecule has 2 nitrogen and oxygen atoms in total. The smallest absolute Gasteiger partial charge is 0.416 e. The summed E-state index contributed by atoms with van der Waals surface area (Å²) < 4.78 is 37.6. The van der Waals surface area contributed by atoms with Gasteiger partial charge in [0.1, 0.15) is 0 Å². The number of carbonyl (C=O) groups is 1. The van der Waals surface area contributed by atoms with E-state index >= 15 is 0 Å². The molecule has 0 radical (unpaired) electrons. The fraction of sp³-hybridized carbons (Fsp3) is 0.133. The lowest BCUT2D eigenvalue weighted by Crippen LogP contribution is -2.04. The van der Waals surface area contributed by atoms with E-state index < -0.39 is 17.7 Å². The Kier molecular flexibility index (Phi) is 5.03. The van der Waals surface area contributed by atoms with E-state index in [1.807, 2.05) is 0 Å². The van der Waals surface area contributed by atoms with E-state index in [1.165, 1.54) is 23.9 Å². The van der Waals surface area contributed by atoms with E-state index in [4.69, 9.17) is 16.7 Å². The zero-order valence-electron chi connectivity index (χ0n) is 11.0. The highest BCUT2D eigenvalue weighted by Gasteiger charge is 2.30. The lowest BCUT2D eigenvalue weighted by molar-refractivity contribution is -0.138. The van der Waals surface area contributed by atoms with Crippen molar-refractivity contribution in [1.82, 2.24) is 0 Å². The average molecular weight is 347 g/mol. The summed E-state index contributed by atoms with van der Waals surface area (Å²) in [5.74, 6) is -1.03. The first-order valence-electron chi connectivity index (χ1n) is 6.11. The van der Waals surface area contributed by atoms with Crippen LogP contribution >= 0.6 is 23.4 Å². The van der Waals surface area contributed by atoms with Crippen LogP contribution in [0.4, 0.5) is 13.2 Å². The van der Waals surface area contributed by atoms with Crippen LogP contribution < -0.4 is 0 Å². The van der Waals surface area contributed by atoms with Crippen molar-refractivity contribution in [2.45, 2.75) is 22.4 Å². The number of benzene rings is 2. The Bertz CT molecular complexity index is 684. The molecule has 0 bridgehead atoms. The number of rotatable bonds is 4. The molecule has 2 aromatic carbocycles. The molecular formula is C15H10ClF3O2S. The minimum Gasteiger partial charge on any atom is -0.481 e. The summed E-state index contributed by atoms with van der Waals surface area (Å²) in [5, 5.41) is 9.23. The standard InChI is InChI=1S/C15H10ClF3O2S/c16-12-2-1-3-13(11(12)8-14(20)21)22-10-6-4-9(5-7-10)15(17,18)19/h1-7H,8H2,(H,20,21). The second-order valence-electron chi connectivity index (χ2n) is 4.41. The Labute approximate surface area is 133 Å². The van der Waals surface area contributed by atoms with Crippen LogP contribution in [0.2, 0.25) is 5.02 Å². The maximum absolute atomic E-state index is 12.5. The lowest BCUT2D eigenvalue weighted by Gasteiger charge is -2.10. The second-order valence-corrected chi connectivity index (χ2v) is 5.93. The Morgan fingerprint density at radius 1 is 1.14 bits per heavy atom.